The highest BCUT2D eigenvalue weighted by Gasteiger charge is 2.27. The molecule has 0 unspecified atom stereocenters. The van der Waals surface area contributed by atoms with Crippen LogP contribution in [0, 0.1) is 0 Å². The minimum Gasteiger partial charge on any atom is -0.494 e. The summed E-state index contributed by atoms with van der Waals surface area (Å²) >= 11 is 6.16. The molecule has 0 aromatic heterocycles. The van der Waals surface area contributed by atoms with E-state index in [9.17, 15) is 13.2 Å². The zero-order valence-electron chi connectivity index (χ0n) is 21.7. The molecule has 0 fully saturated rings. The number of ether oxygens (including phenoxy) is 2. The van der Waals surface area contributed by atoms with Gasteiger partial charge in [-0.1, -0.05) is 48.0 Å². The second-order valence-electron chi connectivity index (χ2n) is 8.49. The van der Waals surface area contributed by atoms with Crippen LogP contribution in [-0.4, -0.2) is 33.7 Å². The highest BCUT2D eigenvalue weighted by molar-refractivity contribution is 7.92. The number of nitrogens with one attached hydrogen (secondary N) is 1. The highest BCUT2D eigenvalue weighted by Crippen LogP contribution is 2.25. The fourth-order valence-corrected chi connectivity index (χ4v) is 5.29. The summed E-state index contributed by atoms with van der Waals surface area (Å²) in [6.45, 7) is 2.17. The largest absolute Gasteiger partial charge is 0.494 e. The number of para-hydroxylation sites is 1. The Hall–Kier alpha value is -4.34. The first-order chi connectivity index (χ1) is 19.4. The van der Waals surface area contributed by atoms with Gasteiger partial charge >= 0.3 is 0 Å². The summed E-state index contributed by atoms with van der Waals surface area (Å²) < 4.78 is 39.2. The normalized spacial score (nSPS) is 11.2. The number of rotatable bonds is 12. The molecule has 1 amide bonds. The first-order valence-electron chi connectivity index (χ1n) is 12.5. The topological polar surface area (TPSA) is 97.3 Å². The molecule has 0 aliphatic rings. The molecule has 0 saturated carbocycles. The first-order valence-corrected chi connectivity index (χ1v) is 14.3. The molecule has 0 spiro atoms. The lowest BCUT2D eigenvalue weighted by Gasteiger charge is -2.23. The summed E-state index contributed by atoms with van der Waals surface area (Å²) in [6.07, 6.45) is 1.46. The molecule has 0 aliphatic heterocycles. The molecule has 0 radical (unpaired) electrons. The highest BCUT2D eigenvalue weighted by atomic mass is 35.5. The van der Waals surface area contributed by atoms with Crippen LogP contribution in [0.5, 0.6) is 11.5 Å². The maximum Gasteiger partial charge on any atom is 0.264 e. The molecule has 4 rings (SSSR count). The summed E-state index contributed by atoms with van der Waals surface area (Å²) in [5.41, 5.74) is 4.35. The third-order valence-electron chi connectivity index (χ3n) is 5.69. The Morgan fingerprint density at radius 1 is 0.875 bits per heavy atom. The molecule has 10 heteroatoms. The van der Waals surface area contributed by atoms with Crippen molar-refractivity contribution in [1.82, 2.24) is 5.43 Å². The monoisotopic (exact) mass is 577 g/mol. The number of amides is 1. The Labute approximate surface area is 238 Å². The average molecular weight is 578 g/mol. The summed E-state index contributed by atoms with van der Waals surface area (Å²) in [4.78, 5) is 12.8. The van der Waals surface area contributed by atoms with E-state index in [4.69, 9.17) is 21.1 Å². The van der Waals surface area contributed by atoms with Crippen molar-refractivity contribution in [3.8, 4) is 11.5 Å². The molecule has 0 heterocycles. The van der Waals surface area contributed by atoms with Gasteiger partial charge in [0.25, 0.3) is 15.9 Å². The maximum absolute atomic E-state index is 13.5. The van der Waals surface area contributed by atoms with E-state index >= 15 is 0 Å². The van der Waals surface area contributed by atoms with Gasteiger partial charge in [0.05, 0.1) is 23.4 Å². The van der Waals surface area contributed by atoms with Crippen molar-refractivity contribution < 1.29 is 22.7 Å². The van der Waals surface area contributed by atoms with Crippen molar-refractivity contribution in [2.75, 3.05) is 17.5 Å². The van der Waals surface area contributed by atoms with Crippen LogP contribution in [0.3, 0.4) is 0 Å². The number of sulfonamides is 1. The van der Waals surface area contributed by atoms with Crippen LogP contribution in [0.2, 0.25) is 5.02 Å². The van der Waals surface area contributed by atoms with Gasteiger partial charge in [0, 0.05) is 10.6 Å². The fraction of sp³-hybridized carbons (Fsp3) is 0.133. The molecule has 0 bridgehead atoms. The maximum atomic E-state index is 13.5. The molecule has 1 N–H and O–H groups in total. The van der Waals surface area contributed by atoms with E-state index in [1.165, 1.54) is 18.3 Å². The fourth-order valence-electron chi connectivity index (χ4n) is 3.68. The standard InChI is InChI=1S/C30H28ClN3O5S/c1-2-38-26-16-18-28(19-17-26)40(36,37)34(25-9-4-3-5-10-25)21-30(35)33-32-20-23-12-14-27(15-13-23)39-22-24-8-6-7-11-29(24)31/h3-20H,2,21-22H2,1H3,(H,33,35)/b32-20-. The van der Waals surface area contributed by atoms with Gasteiger partial charge in [0.2, 0.25) is 0 Å². The lowest BCUT2D eigenvalue weighted by molar-refractivity contribution is -0.119. The second kappa shape index (κ2) is 13.6. The van der Waals surface area contributed by atoms with E-state index in [0.29, 0.717) is 41.0 Å². The van der Waals surface area contributed by atoms with Crippen molar-refractivity contribution >= 4 is 39.4 Å². The quantitative estimate of drug-likeness (QED) is 0.173. The molecule has 0 saturated heterocycles. The molecule has 0 aliphatic carbocycles. The molecule has 206 valence electrons. The number of hydrogen-bond donors (Lipinski definition) is 1. The number of carbonyl (C=O) groups is 1. The number of carbonyl (C=O) groups excluding carboxylic acids is 1. The van der Waals surface area contributed by atoms with E-state index < -0.39 is 22.5 Å². The van der Waals surface area contributed by atoms with Crippen LogP contribution in [0.4, 0.5) is 5.69 Å². The molecular formula is C30H28ClN3O5S. The predicted molar refractivity (Wildman–Crippen MR) is 157 cm³/mol. The van der Waals surface area contributed by atoms with Gasteiger partial charge in [-0.15, -0.1) is 0 Å². The molecule has 0 atom stereocenters. The third kappa shape index (κ3) is 7.62. The Morgan fingerprint density at radius 3 is 2.17 bits per heavy atom. The van der Waals surface area contributed by atoms with Crippen molar-refractivity contribution in [3.63, 3.8) is 0 Å². The van der Waals surface area contributed by atoms with Crippen molar-refractivity contribution in [3.05, 3.63) is 119 Å². The van der Waals surface area contributed by atoms with E-state index in [1.54, 1.807) is 66.7 Å². The van der Waals surface area contributed by atoms with Gasteiger partial charge < -0.3 is 9.47 Å². The number of halogens is 1. The van der Waals surface area contributed by atoms with Crippen LogP contribution in [-0.2, 0) is 21.4 Å². The lowest BCUT2D eigenvalue weighted by Crippen LogP contribution is -2.39. The van der Waals surface area contributed by atoms with Crippen LogP contribution >= 0.6 is 11.6 Å². The Bertz CT molecular complexity index is 1540. The summed E-state index contributed by atoms with van der Waals surface area (Å²) in [6, 6.07) is 29.1. The van der Waals surface area contributed by atoms with Crippen LogP contribution in [0.1, 0.15) is 18.1 Å². The minimum absolute atomic E-state index is 0.0351. The summed E-state index contributed by atoms with van der Waals surface area (Å²) in [7, 11) is -4.05. The Morgan fingerprint density at radius 2 is 1.50 bits per heavy atom. The molecule has 8 nitrogen and oxygen atoms in total. The van der Waals surface area contributed by atoms with E-state index in [1.807, 2.05) is 31.2 Å². The van der Waals surface area contributed by atoms with E-state index in [-0.39, 0.29) is 4.90 Å². The molecular weight excluding hydrogens is 550 g/mol. The second-order valence-corrected chi connectivity index (χ2v) is 10.8. The number of anilines is 1. The van der Waals surface area contributed by atoms with Crippen molar-refractivity contribution in [2.45, 2.75) is 18.4 Å². The number of hydrazone groups is 1. The van der Waals surface area contributed by atoms with Gasteiger partial charge in [0.1, 0.15) is 24.7 Å². The molecule has 4 aromatic rings. The Balaban J connectivity index is 1.39. The zero-order chi connectivity index (χ0) is 28.4. The van der Waals surface area contributed by atoms with Crippen LogP contribution < -0.4 is 19.2 Å². The summed E-state index contributed by atoms with van der Waals surface area (Å²) in [5.74, 6) is 0.605. The number of benzene rings is 4. The van der Waals surface area contributed by atoms with Gasteiger partial charge in [-0.25, -0.2) is 13.8 Å². The zero-order valence-corrected chi connectivity index (χ0v) is 23.3. The van der Waals surface area contributed by atoms with Gasteiger partial charge in [-0.3, -0.25) is 9.10 Å². The minimum atomic E-state index is -4.05. The predicted octanol–water partition coefficient (Wildman–Crippen LogP) is 5.66. The van der Waals surface area contributed by atoms with Gasteiger partial charge in [-0.2, -0.15) is 5.10 Å². The van der Waals surface area contributed by atoms with E-state index in [2.05, 4.69) is 10.5 Å². The average Bonchev–Trinajstić information content (AvgIpc) is 2.97. The van der Waals surface area contributed by atoms with Crippen molar-refractivity contribution in [1.29, 1.82) is 0 Å². The third-order valence-corrected chi connectivity index (χ3v) is 7.85. The number of nitrogens with zero attached hydrogens (tertiary/aromatic N) is 2. The first kappa shape index (κ1) is 28.7. The smallest absolute Gasteiger partial charge is 0.264 e. The number of hydrogen-bond acceptors (Lipinski definition) is 6. The summed E-state index contributed by atoms with van der Waals surface area (Å²) in [5, 5.41) is 4.63. The van der Waals surface area contributed by atoms with Gasteiger partial charge in [-0.05, 0) is 79.2 Å². The van der Waals surface area contributed by atoms with Crippen LogP contribution in [0.25, 0.3) is 0 Å². The molecule has 4 aromatic carbocycles. The van der Waals surface area contributed by atoms with E-state index in [0.717, 1.165) is 9.87 Å². The SMILES string of the molecule is CCOc1ccc(S(=O)(=O)N(CC(=O)N/N=C\c2ccc(OCc3ccccc3Cl)cc2)c2ccccc2)cc1. The van der Waals surface area contributed by atoms with Gasteiger partial charge in [0.15, 0.2) is 0 Å². The van der Waals surface area contributed by atoms with Crippen molar-refractivity contribution in [2.24, 2.45) is 5.10 Å². The van der Waals surface area contributed by atoms with Crippen LogP contribution in [0.15, 0.2) is 113 Å². The Kier molecular flexibility index (Phi) is 9.77. The lowest BCUT2D eigenvalue weighted by atomic mass is 10.2. The molecule has 40 heavy (non-hydrogen) atoms.